The van der Waals surface area contributed by atoms with E-state index in [0.29, 0.717) is 3.58 Å². The van der Waals surface area contributed by atoms with E-state index in [1.54, 1.807) is 0 Å². The van der Waals surface area contributed by atoms with Crippen molar-refractivity contribution in [3.63, 3.8) is 0 Å². The van der Waals surface area contributed by atoms with Crippen LogP contribution in [0.3, 0.4) is 0 Å². The van der Waals surface area contributed by atoms with Crippen molar-refractivity contribution in [3.8, 4) is 0 Å². The second-order valence-electron chi connectivity index (χ2n) is 1.59. The van der Waals surface area contributed by atoms with Gasteiger partial charge in [0.15, 0.2) is 9.84 Å². The fourth-order valence-electron chi connectivity index (χ4n) is 0.284. The second kappa shape index (κ2) is 2.82. The van der Waals surface area contributed by atoms with Gasteiger partial charge in [-0.3, -0.25) is 0 Å². The summed E-state index contributed by atoms with van der Waals surface area (Å²) in [5.41, 5.74) is 0. The molecule has 0 fully saturated rings. The van der Waals surface area contributed by atoms with Crippen molar-refractivity contribution in [3.05, 3.63) is 10.2 Å². The largest absolute Gasteiger partial charge is 0.229 e. The van der Waals surface area contributed by atoms with E-state index in [1.807, 2.05) is 22.6 Å². The lowest BCUT2D eigenvalue weighted by molar-refractivity contribution is 0.604. The minimum atomic E-state index is -2.83. The van der Waals surface area contributed by atoms with Crippen molar-refractivity contribution in [1.82, 2.24) is 0 Å². The molecule has 8 heavy (non-hydrogen) atoms. The molecule has 0 atom stereocenters. The SMILES string of the molecule is C=C(I)CS(C)(=O)=O. The predicted molar refractivity (Wildman–Crippen MR) is 42.9 cm³/mol. The Kier molecular flexibility index (Phi) is 2.96. The first-order chi connectivity index (χ1) is 3.42. The van der Waals surface area contributed by atoms with Gasteiger partial charge in [-0.15, -0.1) is 0 Å². The quantitative estimate of drug-likeness (QED) is 0.680. The molecule has 0 rings (SSSR count). The van der Waals surface area contributed by atoms with Crippen molar-refractivity contribution in [2.45, 2.75) is 0 Å². The molecule has 0 aromatic carbocycles. The smallest absolute Gasteiger partial charge is 0.152 e. The molecule has 0 aromatic rings. The highest BCUT2D eigenvalue weighted by molar-refractivity contribution is 14.1. The Hall–Kier alpha value is 0.420. The molecule has 0 N–H and O–H groups in total. The van der Waals surface area contributed by atoms with Crippen molar-refractivity contribution in [1.29, 1.82) is 0 Å². The third kappa shape index (κ3) is 6.42. The number of hydrogen-bond donors (Lipinski definition) is 0. The van der Waals surface area contributed by atoms with E-state index in [1.165, 1.54) is 6.26 Å². The molecule has 48 valence electrons. The molecule has 0 saturated carbocycles. The average Bonchev–Trinajstić information content (AvgIpc) is 1.21. The van der Waals surface area contributed by atoms with Gasteiger partial charge < -0.3 is 0 Å². The Bertz CT molecular complexity index is 180. The topological polar surface area (TPSA) is 34.1 Å². The first-order valence-corrected chi connectivity index (χ1v) is 5.07. The van der Waals surface area contributed by atoms with E-state index in [9.17, 15) is 8.42 Å². The van der Waals surface area contributed by atoms with Gasteiger partial charge in [0, 0.05) is 6.26 Å². The lowest BCUT2D eigenvalue weighted by atomic mass is 10.8. The monoisotopic (exact) mass is 246 g/mol. The number of hydrogen-bond acceptors (Lipinski definition) is 2. The maximum atomic E-state index is 10.4. The Morgan fingerprint density at radius 3 is 2.12 bits per heavy atom. The molecule has 0 aromatic heterocycles. The molecule has 0 spiro atoms. The molecule has 0 aliphatic heterocycles. The third-order valence-electron chi connectivity index (χ3n) is 0.419. The molecular formula is C4H7IO2S. The highest BCUT2D eigenvalue weighted by Gasteiger charge is 2.00. The van der Waals surface area contributed by atoms with Crippen LogP contribution in [0.1, 0.15) is 0 Å². The maximum absolute atomic E-state index is 10.4. The van der Waals surface area contributed by atoms with Crippen LogP contribution < -0.4 is 0 Å². The maximum Gasteiger partial charge on any atom is 0.152 e. The van der Waals surface area contributed by atoms with Crippen molar-refractivity contribution in [2.75, 3.05) is 12.0 Å². The van der Waals surface area contributed by atoms with Gasteiger partial charge in [-0.25, -0.2) is 8.42 Å². The summed E-state index contributed by atoms with van der Waals surface area (Å²) in [5, 5.41) is 0. The van der Waals surface area contributed by atoms with Gasteiger partial charge in [0.05, 0.1) is 5.75 Å². The van der Waals surface area contributed by atoms with Crippen LogP contribution in [0.2, 0.25) is 0 Å². The fraction of sp³-hybridized carbons (Fsp3) is 0.500. The lowest BCUT2D eigenvalue weighted by Gasteiger charge is -1.90. The molecule has 4 heteroatoms. The van der Waals surface area contributed by atoms with Crippen LogP contribution in [0.5, 0.6) is 0 Å². The predicted octanol–water partition coefficient (Wildman–Crippen LogP) is 0.980. The molecule has 0 saturated heterocycles. The van der Waals surface area contributed by atoms with Gasteiger partial charge in [-0.1, -0.05) is 6.58 Å². The molecule has 0 unspecified atom stereocenters. The molecule has 0 radical (unpaired) electrons. The highest BCUT2D eigenvalue weighted by atomic mass is 127. The second-order valence-corrected chi connectivity index (χ2v) is 5.25. The highest BCUT2D eigenvalue weighted by Crippen LogP contribution is 2.03. The third-order valence-corrected chi connectivity index (χ3v) is 2.19. The van der Waals surface area contributed by atoms with Gasteiger partial charge in [0.25, 0.3) is 0 Å². The van der Waals surface area contributed by atoms with Gasteiger partial charge in [0.1, 0.15) is 0 Å². The van der Waals surface area contributed by atoms with Crippen LogP contribution in [-0.4, -0.2) is 20.4 Å². The summed E-state index contributed by atoms with van der Waals surface area (Å²) in [6.45, 7) is 3.45. The van der Waals surface area contributed by atoms with E-state index >= 15 is 0 Å². The summed E-state index contributed by atoms with van der Waals surface area (Å²) in [7, 11) is -2.83. The minimum absolute atomic E-state index is 0.0908. The minimum Gasteiger partial charge on any atom is -0.229 e. The molecule has 0 bridgehead atoms. The first kappa shape index (κ1) is 8.42. The van der Waals surface area contributed by atoms with Gasteiger partial charge in [0.2, 0.25) is 0 Å². The molecule has 0 amide bonds. The van der Waals surface area contributed by atoms with Gasteiger partial charge in [-0.05, 0) is 26.2 Å². The Morgan fingerprint density at radius 1 is 1.75 bits per heavy atom. The normalized spacial score (nSPS) is 11.2. The van der Waals surface area contributed by atoms with Crippen LogP contribution in [0.4, 0.5) is 0 Å². The van der Waals surface area contributed by atoms with E-state index in [0.717, 1.165) is 0 Å². The summed E-state index contributed by atoms with van der Waals surface area (Å²) in [6, 6.07) is 0. The summed E-state index contributed by atoms with van der Waals surface area (Å²) in [6.07, 6.45) is 1.19. The number of sulfone groups is 1. The molecule has 0 aliphatic carbocycles. The summed E-state index contributed by atoms with van der Waals surface area (Å²) in [5.74, 6) is 0.0908. The van der Waals surface area contributed by atoms with Crippen molar-refractivity contribution >= 4 is 32.4 Å². The molecule has 0 heterocycles. The molecule has 0 aliphatic rings. The van der Waals surface area contributed by atoms with E-state index in [-0.39, 0.29) is 5.75 Å². The molecule has 2 nitrogen and oxygen atoms in total. The number of halogens is 1. The molecular weight excluding hydrogens is 239 g/mol. The zero-order valence-corrected chi connectivity index (χ0v) is 7.49. The zero-order valence-electron chi connectivity index (χ0n) is 4.52. The van der Waals surface area contributed by atoms with Crippen molar-refractivity contribution < 1.29 is 8.42 Å². The van der Waals surface area contributed by atoms with E-state index in [4.69, 9.17) is 0 Å². The zero-order chi connectivity index (χ0) is 6.78. The van der Waals surface area contributed by atoms with Crippen LogP contribution >= 0.6 is 22.6 Å². The summed E-state index contributed by atoms with van der Waals surface area (Å²) in [4.78, 5) is 0. The van der Waals surface area contributed by atoms with Crippen LogP contribution in [0.25, 0.3) is 0 Å². The summed E-state index contributed by atoms with van der Waals surface area (Å²) < 4.78 is 21.4. The van der Waals surface area contributed by atoms with Crippen LogP contribution in [-0.2, 0) is 9.84 Å². The number of rotatable bonds is 2. The fourth-order valence-corrected chi connectivity index (χ4v) is 2.55. The van der Waals surface area contributed by atoms with Gasteiger partial charge in [-0.2, -0.15) is 0 Å². The van der Waals surface area contributed by atoms with Crippen molar-refractivity contribution in [2.24, 2.45) is 0 Å². The van der Waals surface area contributed by atoms with Crippen LogP contribution in [0, 0.1) is 0 Å². The van der Waals surface area contributed by atoms with E-state index in [2.05, 4.69) is 6.58 Å². The first-order valence-electron chi connectivity index (χ1n) is 1.93. The Morgan fingerprint density at radius 2 is 2.12 bits per heavy atom. The standard InChI is InChI=1S/C4H7IO2S/c1-4(5)3-8(2,6)7/h1,3H2,2H3. The average molecular weight is 246 g/mol. The lowest BCUT2D eigenvalue weighted by Crippen LogP contribution is -2.01. The Labute approximate surface area is 63.0 Å². The Balaban J connectivity index is 3.95. The van der Waals surface area contributed by atoms with E-state index < -0.39 is 9.84 Å². The van der Waals surface area contributed by atoms with Crippen LogP contribution in [0.15, 0.2) is 10.2 Å². The van der Waals surface area contributed by atoms with Gasteiger partial charge >= 0.3 is 0 Å². The summed E-state index contributed by atoms with van der Waals surface area (Å²) >= 11 is 1.89.